The van der Waals surface area contributed by atoms with Crippen LogP contribution >= 0.6 is 0 Å². The van der Waals surface area contributed by atoms with Crippen molar-refractivity contribution in [3.8, 4) is 0 Å². The Hall–Kier alpha value is -0.150. The van der Waals surface area contributed by atoms with Gasteiger partial charge in [0.05, 0.1) is 6.10 Å². The first-order valence-electron chi connectivity index (χ1n) is 13.3. The highest BCUT2D eigenvalue weighted by Gasteiger charge is 2.59. The maximum Gasteiger partial charge on any atom is 0.152 e. The van der Waals surface area contributed by atoms with E-state index in [1.54, 1.807) is 11.8 Å². The Morgan fingerprint density at radius 3 is 2.55 bits per heavy atom. The van der Waals surface area contributed by atoms with E-state index in [0.717, 1.165) is 48.3 Å². The zero-order chi connectivity index (χ0) is 22.4. The van der Waals surface area contributed by atoms with E-state index >= 15 is 0 Å². The second-order valence-electron chi connectivity index (χ2n) is 12.7. The van der Waals surface area contributed by atoms with Gasteiger partial charge in [-0.3, -0.25) is 4.18 Å². The summed E-state index contributed by atoms with van der Waals surface area (Å²) in [5, 5.41) is 0. The number of fused-ring (bicyclic) bond motifs is 5. The summed E-state index contributed by atoms with van der Waals surface area (Å²) >= 11 is -1.15. The number of hydrogen-bond donors (Lipinski definition) is 0. The maximum absolute atomic E-state index is 11.6. The van der Waals surface area contributed by atoms with E-state index in [1.807, 2.05) is 0 Å². The lowest BCUT2D eigenvalue weighted by atomic mass is 9.47. The van der Waals surface area contributed by atoms with E-state index in [2.05, 4.69) is 40.7 Å². The van der Waals surface area contributed by atoms with Crippen molar-refractivity contribution in [3.63, 3.8) is 0 Å². The molecule has 9 atom stereocenters. The standard InChI is InChI=1S/C28H48O2S/c1-19(2)8-7-9-20(3)24-12-13-25-23-11-10-21-18-22(30-31(6)29)14-16-27(21,4)26(23)15-17-28(24,25)5/h10,19-20,22-26H,7-9,11-18H2,1-6H3/t20-,22+,23+,24-,25+,26+,27+,28-,31?/m1/s1. The van der Waals surface area contributed by atoms with Crippen molar-refractivity contribution in [2.24, 2.45) is 46.3 Å². The molecule has 0 bridgehead atoms. The van der Waals surface area contributed by atoms with Crippen molar-refractivity contribution < 1.29 is 8.39 Å². The van der Waals surface area contributed by atoms with E-state index < -0.39 is 11.1 Å². The lowest BCUT2D eigenvalue weighted by Gasteiger charge is -2.58. The van der Waals surface area contributed by atoms with Crippen molar-refractivity contribution in [1.29, 1.82) is 0 Å². The highest BCUT2D eigenvalue weighted by molar-refractivity contribution is 7.79. The third kappa shape index (κ3) is 4.48. The molecule has 0 aromatic heterocycles. The van der Waals surface area contributed by atoms with Crippen molar-refractivity contribution in [2.45, 2.75) is 111 Å². The molecule has 2 nitrogen and oxygen atoms in total. The van der Waals surface area contributed by atoms with Crippen LogP contribution in [-0.4, -0.2) is 16.6 Å². The van der Waals surface area contributed by atoms with Crippen LogP contribution in [0.1, 0.15) is 105 Å². The van der Waals surface area contributed by atoms with Crippen LogP contribution < -0.4 is 0 Å². The quantitative estimate of drug-likeness (QED) is 0.373. The zero-order valence-corrected chi connectivity index (χ0v) is 21.9. The van der Waals surface area contributed by atoms with Crippen LogP contribution in [0, 0.1) is 46.3 Å². The van der Waals surface area contributed by atoms with Crippen LogP contribution in [0.15, 0.2) is 11.6 Å². The van der Waals surface area contributed by atoms with Crippen LogP contribution in [0.4, 0.5) is 0 Å². The Morgan fingerprint density at radius 1 is 1.06 bits per heavy atom. The van der Waals surface area contributed by atoms with Crippen LogP contribution in [-0.2, 0) is 15.3 Å². The molecule has 0 aromatic carbocycles. The molecule has 3 heteroatoms. The normalized spacial score (nSPS) is 44.2. The first-order valence-corrected chi connectivity index (χ1v) is 14.8. The average Bonchev–Trinajstić information content (AvgIpc) is 3.05. The molecule has 4 rings (SSSR count). The molecule has 0 aliphatic heterocycles. The van der Waals surface area contributed by atoms with Gasteiger partial charge in [-0.2, -0.15) is 0 Å². The highest BCUT2D eigenvalue weighted by Crippen LogP contribution is 2.67. The van der Waals surface area contributed by atoms with Crippen LogP contribution in [0.3, 0.4) is 0 Å². The smallest absolute Gasteiger partial charge is 0.152 e. The fourth-order valence-electron chi connectivity index (χ4n) is 8.93. The highest BCUT2D eigenvalue weighted by atomic mass is 32.2. The molecular weight excluding hydrogens is 400 g/mol. The van der Waals surface area contributed by atoms with Gasteiger partial charge >= 0.3 is 0 Å². The molecule has 4 aliphatic rings. The molecule has 0 radical (unpaired) electrons. The first kappa shape index (κ1) is 24.0. The summed E-state index contributed by atoms with van der Waals surface area (Å²) in [6.45, 7) is 12.6. The topological polar surface area (TPSA) is 26.3 Å². The van der Waals surface area contributed by atoms with Crippen LogP contribution in [0.2, 0.25) is 0 Å². The van der Waals surface area contributed by atoms with Gasteiger partial charge in [0.15, 0.2) is 11.1 Å². The van der Waals surface area contributed by atoms with Gasteiger partial charge in [-0.1, -0.05) is 65.5 Å². The van der Waals surface area contributed by atoms with Gasteiger partial charge in [0.1, 0.15) is 0 Å². The predicted molar refractivity (Wildman–Crippen MR) is 132 cm³/mol. The van der Waals surface area contributed by atoms with Gasteiger partial charge in [-0.25, -0.2) is 4.21 Å². The summed E-state index contributed by atoms with van der Waals surface area (Å²) < 4.78 is 17.3. The van der Waals surface area contributed by atoms with E-state index in [1.165, 1.54) is 57.8 Å². The fraction of sp³-hybridized carbons (Fsp3) is 0.929. The molecule has 4 aliphatic carbocycles. The molecule has 3 saturated carbocycles. The van der Waals surface area contributed by atoms with Gasteiger partial charge in [0.2, 0.25) is 0 Å². The van der Waals surface area contributed by atoms with Crippen molar-refractivity contribution in [2.75, 3.05) is 6.26 Å². The third-order valence-electron chi connectivity index (χ3n) is 10.5. The molecule has 0 aromatic rings. The minimum absolute atomic E-state index is 0.165. The summed E-state index contributed by atoms with van der Waals surface area (Å²) in [6, 6.07) is 0. The molecule has 0 N–H and O–H groups in total. The van der Waals surface area contributed by atoms with Crippen LogP contribution in [0.25, 0.3) is 0 Å². The van der Waals surface area contributed by atoms with E-state index in [4.69, 9.17) is 4.18 Å². The monoisotopic (exact) mass is 448 g/mol. The third-order valence-corrected chi connectivity index (χ3v) is 11.1. The molecular formula is C28H48O2S. The minimum Gasteiger partial charge on any atom is -0.287 e. The number of hydrogen-bond acceptors (Lipinski definition) is 2. The number of rotatable bonds is 7. The summed E-state index contributed by atoms with van der Waals surface area (Å²) in [6.07, 6.45) is 19.1. The van der Waals surface area contributed by atoms with E-state index in [0.29, 0.717) is 10.8 Å². The molecule has 0 saturated heterocycles. The molecule has 178 valence electrons. The SMILES string of the molecule is CC(C)CCC[C@@H](C)[C@H]1CC[C@H]2[C@@H]3CC=C4C[C@@H](OS(C)=O)CC[C@]4(C)[C@H]3CC[C@]12C. The molecule has 0 heterocycles. The first-order chi connectivity index (χ1) is 14.6. The fourth-order valence-corrected chi connectivity index (χ4v) is 9.47. The lowest BCUT2D eigenvalue weighted by Crippen LogP contribution is -2.51. The van der Waals surface area contributed by atoms with Gasteiger partial charge in [-0.05, 0) is 97.7 Å². The van der Waals surface area contributed by atoms with Gasteiger partial charge in [-0.15, -0.1) is 0 Å². The Kier molecular flexibility index (Phi) is 7.15. The average molecular weight is 449 g/mol. The molecule has 1 unspecified atom stereocenters. The Labute approximate surface area is 195 Å². The number of allylic oxidation sites excluding steroid dienone is 1. The summed E-state index contributed by atoms with van der Waals surface area (Å²) in [7, 11) is 0. The zero-order valence-electron chi connectivity index (χ0n) is 21.1. The summed E-state index contributed by atoms with van der Waals surface area (Å²) in [5.74, 6) is 5.34. The lowest BCUT2D eigenvalue weighted by molar-refractivity contribution is -0.0554. The van der Waals surface area contributed by atoms with Gasteiger partial charge < -0.3 is 0 Å². The maximum atomic E-state index is 11.6. The van der Waals surface area contributed by atoms with Gasteiger partial charge in [0, 0.05) is 6.26 Å². The molecule has 3 fully saturated rings. The van der Waals surface area contributed by atoms with E-state index in [9.17, 15) is 4.21 Å². The van der Waals surface area contributed by atoms with Crippen molar-refractivity contribution >= 4 is 11.1 Å². The van der Waals surface area contributed by atoms with Crippen LogP contribution in [0.5, 0.6) is 0 Å². The van der Waals surface area contributed by atoms with Gasteiger partial charge in [0.25, 0.3) is 0 Å². The summed E-state index contributed by atoms with van der Waals surface area (Å²) in [5.41, 5.74) is 2.57. The Balaban J connectivity index is 1.47. The predicted octanol–water partition coefficient (Wildman–Crippen LogP) is 7.71. The largest absolute Gasteiger partial charge is 0.287 e. The second-order valence-corrected chi connectivity index (χ2v) is 13.6. The molecule has 31 heavy (non-hydrogen) atoms. The Morgan fingerprint density at radius 2 is 1.84 bits per heavy atom. The van der Waals surface area contributed by atoms with E-state index in [-0.39, 0.29) is 6.10 Å². The van der Waals surface area contributed by atoms with Crippen molar-refractivity contribution in [1.82, 2.24) is 0 Å². The Bertz CT molecular complexity index is 699. The van der Waals surface area contributed by atoms with Crippen molar-refractivity contribution in [3.05, 3.63) is 11.6 Å². The molecule has 0 spiro atoms. The minimum atomic E-state index is -1.15. The molecule has 0 amide bonds. The second kappa shape index (κ2) is 9.24. The summed E-state index contributed by atoms with van der Waals surface area (Å²) in [4.78, 5) is 0.